The normalized spacial score (nSPS) is 13.8. The molecule has 0 atom stereocenters. The molecule has 1 heterocycles. The smallest absolute Gasteiger partial charge is 0.223 e. The minimum atomic E-state index is 0.219. The minimum absolute atomic E-state index is 0.219. The van der Waals surface area contributed by atoms with Gasteiger partial charge in [-0.05, 0) is 24.0 Å². The van der Waals surface area contributed by atoms with Gasteiger partial charge in [0.25, 0.3) is 0 Å². The summed E-state index contributed by atoms with van der Waals surface area (Å²) < 4.78 is 5.01. The van der Waals surface area contributed by atoms with Crippen LogP contribution in [-0.4, -0.2) is 50.6 Å². The van der Waals surface area contributed by atoms with E-state index in [1.807, 2.05) is 17.0 Å². The summed E-state index contributed by atoms with van der Waals surface area (Å²) in [6, 6.07) is 8.26. The lowest BCUT2D eigenvalue weighted by Crippen LogP contribution is -2.38. The van der Waals surface area contributed by atoms with E-state index in [1.54, 1.807) is 14.2 Å². The molecule has 132 valence electrons. The summed E-state index contributed by atoms with van der Waals surface area (Å²) in [6.07, 6.45) is 2.29. The van der Waals surface area contributed by atoms with Crippen molar-refractivity contribution in [1.82, 2.24) is 15.5 Å². The Morgan fingerprint density at radius 1 is 1.17 bits per heavy atom. The first-order valence-corrected chi connectivity index (χ1v) is 8.52. The summed E-state index contributed by atoms with van der Waals surface area (Å²) in [5, 5.41) is 6.46. The molecule has 0 fully saturated rings. The number of nitrogens with zero attached hydrogens (tertiary/aromatic N) is 2. The van der Waals surface area contributed by atoms with Crippen molar-refractivity contribution in [1.29, 1.82) is 0 Å². The fourth-order valence-electron chi connectivity index (χ4n) is 2.76. The van der Waals surface area contributed by atoms with Crippen molar-refractivity contribution in [3.05, 3.63) is 35.4 Å². The summed E-state index contributed by atoms with van der Waals surface area (Å²) >= 11 is 0. The third-order valence-electron chi connectivity index (χ3n) is 4.09. The number of rotatable bonds is 8. The molecule has 0 saturated heterocycles. The van der Waals surface area contributed by atoms with Crippen LogP contribution in [0, 0.1) is 0 Å². The number of hydrogen-bond donors (Lipinski definition) is 2. The van der Waals surface area contributed by atoms with Crippen LogP contribution in [-0.2, 0) is 22.6 Å². The number of benzene rings is 1. The third kappa shape index (κ3) is 5.53. The molecule has 0 bridgehead atoms. The van der Waals surface area contributed by atoms with Crippen LogP contribution >= 0.6 is 0 Å². The molecule has 1 aliphatic heterocycles. The molecule has 0 unspecified atom stereocenters. The Balaban J connectivity index is 1.61. The number of hydrogen-bond acceptors (Lipinski definition) is 3. The third-order valence-corrected chi connectivity index (χ3v) is 4.09. The molecule has 6 nitrogen and oxygen atoms in total. The molecule has 1 amide bonds. The summed E-state index contributed by atoms with van der Waals surface area (Å²) in [5.41, 5.74) is 2.54. The Morgan fingerprint density at radius 3 is 2.38 bits per heavy atom. The summed E-state index contributed by atoms with van der Waals surface area (Å²) in [7, 11) is 3.45. The molecule has 0 radical (unpaired) electrons. The predicted octanol–water partition coefficient (Wildman–Crippen LogP) is 1.51. The van der Waals surface area contributed by atoms with Crippen molar-refractivity contribution < 1.29 is 9.53 Å². The highest BCUT2D eigenvalue weighted by Gasteiger charge is 2.22. The van der Waals surface area contributed by atoms with Gasteiger partial charge in [0.05, 0.1) is 0 Å². The maximum atomic E-state index is 12.3. The molecular formula is C18H28N4O2. The fraction of sp³-hybridized carbons (Fsp3) is 0.556. The summed E-state index contributed by atoms with van der Waals surface area (Å²) in [6.45, 7) is 3.77. The van der Waals surface area contributed by atoms with Gasteiger partial charge in [-0.25, -0.2) is 0 Å². The number of amides is 1. The maximum Gasteiger partial charge on any atom is 0.223 e. The van der Waals surface area contributed by atoms with E-state index >= 15 is 0 Å². The van der Waals surface area contributed by atoms with E-state index in [1.165, 1.54) is 11.1 Å². The van der Waals surface area contributed by atoms with E-state index in [2.05, 4.69) is 27.8 Å². The zero-order valence-corrected chi connectivity index (χ0v) is 14.7. The number of guanidine groups is 1. The first kappa shape index (κ1) is 18.3. The Bertz CT molecular complexity index is 535. The van der Waals surface area contributed by atoms with Gasteiger partial charge in [-0.3, -0.25) is 9.79 Å². The first-order chi connectivity index (χ1) is 11.7. The summed E-state index contributed by atoms with van der Waals surface area (Å²) in [4.78, 5) is 18.4. The SMILES string of the molecule is CN=C(NCCCOC)NCCCC(=O)N1Cc2ccccc2C1. The highest BCUT2D eigenvalue weighted by atomic mass is 16.5. The van der Waals surface area contributed by atoms with Crippen LogP contribution < -0.4 is 10.6 Å². The van der Waals surface area contributed by atoms with Gasteiger partial charge >= 0.3 is 0 Å². The Kier molecular flexibility index (Phi) is 7.55. The number of carbonyl (C=O) groups is 1. The van der Waals surface area contributed by atoms with Gasteiger partial charge in [0.2, 0.25) is 5.91 Å². The number of fused-ring (bicyclic) bond motifs is 1. The zero-order valence-electron chi connectivity index (χ0n) is 14.7. The Morgan fingerprint density at radius 2 is 1.79 bits per heavy atom. The van der Waals surface area contributed by atoms with E-state index < -0.39 is 0 Å². The van der Waals surface area contributed by atoms with Crippen LogP contribution in [0.15, 0.2) is 29.3 Å². The molecule has 24 heavy (non-hydrogen) atoms. The Hall–Kier alpha value is -2.08. The zero-order chi connectivity index (χ0) is 17.2. The van der Waals surface area contributed by atoms with E-state index in [4.69, 9.17) is 4.74 Å². The molecule has 0 spiro atoms. The fourth-order valence-corrected chi connectivity index (χ4v) is 2.76. The van der Waals surface area contributed by atoms with Crippen LogP contribution in [0.5, 0.6) is 0 Å². The molecule has 0 saturated carbocycles. The highest BCUT2D eigenvalue weighted by molar-refractivity contribution is 5.80. The average Bonchev–Trinajstić information content (AvgIpc) is 3.04. The lowest BCUT2D eigenvalue weighted by molar-refractivity contribution is -0.131. The first-order valence-electron chi connectivity index (χ1n) is 8.52. The number of nitrogens with one attached hydrogen (secondary N) is 2. The maximum absolute atomic E-state index is 12.3. The van der Waals surface area contributed by atoms with Crippen molar-refractivity contribution in [2.24, 2.45) is 4.99 Å². The lowest BCUT2D eigenvalue weighted by Gasteiger charge is -2.16. The van der Waals surface area contributed by atoms with Gasteiger partial charge in [0.1, 0.15) is 0 Å². The van der Waals surface area contributed by atoms with Crippen LogP contribution in [0.25, 0.3) is 0 Å². The second kappa shape index (κ2) is 9.93. The quantitative estimate of drug-likeness (QED) is 0.430. The molecule has 0 aliphatic carbocycles. The van der Waals surface area contributed by atoms with Crippen molar-refractivity contribution in [3.8, 4) is 0 Å². The van der Waals surface area contributed by atoms with E-state index in [0.717, 1.165) is 51.6 Å². The molecule has 2 rings (SSSR count). The van der Waals surface area contributed by atoms with Gasteiger partial charge in [0, 0.05) is 53.4 Å². The number of ether oxygens (including phenoxy) is 1. The molecule has 6 heteroatoms. The number of aliphatic imine (C=N–C) groups is 1. The van der Waals surface area contributed by atoms with E-state index in [9.17, 15) is 4.79 Å². The van der Waals surface area contributed by atoms with Crippen molar-refractivity contribution in [2.45, 2.75) is 32.4 Å². The van der Waals surface area contributed by atoms with Gasteiger partial charge in [-0.2, -0.15) is 0 Å². The van der Waals surface area contributed by atoms with Crippen LogP contribution in [0.1, 0.15) is 30.4 Å². The summed E-state index contributed by atoms with van der Waals surface area (Å²) in [5.74, 6) is 0.989. The molecule has 1 aromatic rings. The van der Waals surface area contributed by atoms with Crippen LogP contribution in [0.4, 0.5) is 0 Å². The standard InChI is InChI=1S/C18H28N4O2/c1-19-18(21-11-6-12-24-2)20-10-5-9-17(23)22-13-15-7-3-4-8-16(15)14-22/h3-4,7-8H,5-6,9-14H2,1-2H3,(H2,19,20,21). The largest absolute Gasteiger partial charge is 0.385 e. The lowest BCUT2D eigenvalue weighted by atomic mass is 10.1. The molecule has 1 aromatic carbocycles. The molecule has 0 aromatic heterocycles. The monoisotopic (exact) mass is 332 g/mol. The molecule has 1 aliphatic rings. The second-order valence-electron chi connectivity index (χ2n) is 5.89. The Labute approximate surface area is 144 Å². The van der Waals surface area contributed by atoms with Crippen molar-refractivity contribution in [3.63, 3.8) is 0 Å². The number of methoxy groups -OCH3 is 1. The van der Waals surface area contributed by atoms with Crippen LogP contribution in [0.2, 0.25) is 0 Å². The molecule has 2 N–H and O–H groups in total. The van der Waals surface area contributed by atoms with E-state index in [-0.39, 0.29) is 5.91 Å². The van der Waals surface area contributed by atoms with Crippen molar-refractivity contribution >= 4 is 11.9 Å². The van der Waals surface area contributed by atoms with E-state index in [0.29, 0.717) is 6.42 Å². The van der Waals surface area contributed by atoms with Crippen molar-refractivity contribution in [2.75, 3.05) is 33.9 Å². The van der Waals surface area contributed by atoms with Gasteiger partial charge in [-0.15, -0.1) is 0 Å². The van der Waals surface area contributed by atoms with Crippen LogP contribution in [0.3, 0.4) is 0 Å². The predicted molar refractivity (Wildman–Crippen MR) is 95.8 cm³/mol. The second-order valence-corrected chi connectivity index (χ2v) is 5.89. The van der Waals surface area contributed by atoms with Gasteiger partial charge < -0.3 is 20.3 Å². The highest BCUT2D eigenvalue weighted by Crippen LogP contribution is 2.22. The average molecular weight is 332 g/mol. The molecular weight excluding hydrogens is 304 g/mol. The minimum Gasteiger partial charge on any atom is -0.385 e. The topological polar surface area (TPSA) is 66.0 Å². The number of carbonyl (C=O) groups excluding carboxylic acids is 1. The van der Waals surface area contributed by atoms with Gasteiger partial charge in [-0.1, -0.05) is 24.3 Å². The van der Waals surface area contributed by atoms with Gasteiger partial charge in [0.15, 0.2) is 5.96 Å².